The topological polar surface area (TPSA) is 173 Å². The Hall–Kier alpha value is -1.06. The molecule has 8 heteroatoms. The molecule has 0 aromatic carbocycles. The van der Waals surface area contributed by atoms with Crippen LogP contribution >= 0.6 is 0 Å². The molecular formula is C9H19N3O5. The smallest absolute Gasteiger partial charge is 0.372 e. The van der Waals surface area contributed by atoms with Crippen molar-refractivity contribution in [2.75, 3.05) is 0 Å². The zero-order valence-corrected chi connectivity index (χ0v) is 9.48. The number of ketones is 1. The molecule has 0 aliphatic rings. The number of nitrogens with two attached hydrogens (primary N) is 3. The summed E-state index contributed by atoms with van der Waals surface area (Å²) >= 11 is 0. The van der Waals surface area contributed by atoms with Gasteiger partial charge in [-0.2, -0.15) is 0 Å². The van der Waals surface area contributed by atoms with Crippen LogP contribution in [-0.2, 0) is 9.59 Å². The second-order valence-corrected chi connectivity index (χ2v) is 4.00. The number of hydrogen-bond acceptors (Lipinski definition) is 7. The molecule has 0 aromatic rings. The summed E-state index contributed by atoms with van der Waals surface area (Å²) in [5, 5.41) is 27.4. The van der Waals surface area contributed by atoms with Gasteiger partial charge in [0.25, 0.3) is 0 Å². The Labute approximate surface area is 98.4 Å². The summed E-state index contributed by atoms with van der Waals surface area (Å²) in [7, 11) is 0. The van der Waals surface area contributed by atoms with Gasteiger partial charge in [0, 0.05) is 18.5 Å². The van der Waals surface area contributed by atoms with Gasteiger partial charge >= 0.3 is 5.97 Å². The third kappa shape index (κ3) is 4.75. The van der Waals surface area contributed by atoms with Crippen molar-refractivity contribution in [2.24, 2.45) is 17.2 Å². The molecule has 0 heterocycles. The minimum absolute atomic E-state index is 0.557. The number of Topliss-reactive ketones (excluding diaryl/α,β-unsaturated/α-hetero) is 1. The summed E-state index contributed by atoms with van der Waals surface area (Å²) < 4.78 is 0. The predicted octanol–water partition coefficient (Wildman–Crippen LogP) is -3.25. The molecule has 9 N–H and O–H groups in total. The molecule has 5 unspecified atom stereocenters. The lowest BCUT2D eigenvalue weighted by Crippen LogP contribution is -2.58. The molecule has 0 spiro atoms. The van der Waals surface area contributed by atoms with Crippen molar-refractivity contribution >= 4 is 11.8 Å². The molecule has 0 fully saturated rings. The number of aliphatic hydroxyl groups excluding tert-OH is 2. The average molecular weight is 249 g/mol. The summed E-state index contributed by atoms with van der Waals surface area (Å²) in [5.41, 5.74) is 16.4. The molecule has 0 aliphatic heterocycles. The number of carbonyl (C=O) groups is 2. The zero-order chi connectivity index (χ0) is 13.7. The van der Waals surface area contributed by atoms with Crippen molar-refractivity contribution in [1.82, 2.24) is 0 Å². The fourth-order valence-electron chi connectivity index (χ4n) is 1.21. The molecule has 0 rings (SSSR count). The fourth-order valence-corrected chi connectivity index (χ4v) is 1.21. The van der Waals surface area contributed by atoms with Crippen LogP contribution in [0.25, 0.3) is 0 Å². The molecule has 0 aromatic heterocycles. The normalized spacial score (nSPS) is 20.1. The van der Waals surface area contributed by atoms with E-state index in [9.17, 15) is 19.8 Å². The SMILES string of the molecule is CC(N)C(N)C(O)C(N)C(O)CC(=O)C(=O)O. The van der Waals surface area contributed by atoms with E-state index in [0.717, 1.165) is 0 Å². The second kappa shape index (κ2) is 6.62. The van der Waals surface area contributed by atoms with Crippen molar-refractivity contribution in [3.8, 4) is 0 Å². The van der Waals surface area contributed by atoms with Crippen molar-refractivity contribution < 1.29 is 24.9 Å². The van der Waals surface area contributed by atoms with Crippen molar-refractivity contribution in [2.45, 2.75) is 43.7 Å². The van der Waals surface area contributed by atoms with E-state index >= 15 is 0 Å². The van der Waals surface area contributed by atoms with Gasteiger partial charge in [-0.05, 0) is 6.92 Å². The Morgan fingerprint density at radius 2 is 1.59 bits per heavy atom. The molecule has 0 saturated carbocycles. The van der Waals surface area contributed by atoms with Crippen LogP contribution in [0.15, 0.2) is 0 Å². The van der Waals surface area contributed by atoms with Crippen LogP contribution in [0, 0.1) is 0 Å². The quantitative estimate of drug-likeness (QED) is 0.255. The molecule has 100 valence electrons. The number of rotatable bonds is 7. The minimum Gasteiger partial charge on any atom is -0.475 e. The van der Waals surface area contributed by atoms with E-state index in [0.29, 0.717) is 0 Å². The van der Waals surface area contributed by atoms with Gasteiger partial charge in [0.15, 0.2) is 0 Å². The lowest BCUT2D eigenvalue weighted by atomic mass is 9.93. The van der Waals surface area contributed by atoms with E-state index in [2.05, 4.69) is 0 Å². The van der Waals surface area contributed by atoms with Crippen LogP contribution < -0.4 is 17.2 Å². The molecule has 0 amide bonds. The van der Waals surface area contributed by atoms with Gasteiger partial charge < -0.3 is 32.5 Å². The number of aliphatic hydroxyl groups is 2. The Bertz CT molecular complexity index is 284. The average Bonchev–Trinajstić information content (AvgIpc) is 2.25. The standard InChI is InChI=1S/C9H19N3O5/c1-3(10)6(11)8(15)7(12)4(13)2-5(14)9(16)17/h3-4,6-8,13,15H,2,10-12H2,1H3,(H,16,17). The summed E-state index contributed by atoms with van der Waals surface area (Å²) in [6.07, 6.45) is -3.50. The fraction of sp³-hybridized carbons (Fsp3) is 0.778. The number of aliphatic carboxylic acids is 1. The highest BCUT2D eigenvalue weighted by Gasteiger charge is 2.31. The highest BCUT2D eigenvalue weighted by Crippen LogP contribution is 2.07. The van der Waals surface area contributed by atoms with Crippen LogP contribution in [0.3, 0.4) is 0 Å². The number of carboxylic acids is 1. The van der Waals surface area contributed by atoms with Crippen LogP contribution in [0.5, 0.6) is 0 Å². The summed E-state index contributed by atoms with van der Waals surface area (Å²) in [4.78, 5) is 21.1. The summed E-state index contributed by atoms with van der Waals surface area (Å²) in [6.45, 7) is 1.55. The molecule has 0 bridgehead atoms. The maximum absolute atomic E-state index is 10.8. The lowest BCUT2D eigenvalue weighted by molar-refractivity contribution is -0.150. The Kier molecular flexibility index (Phi) is 6.21. The third-order valence-corrected chi connectivity index (χ3v) is 2.47. The molecule has 8 nitrogen and oxygen atoms in total. The molecule has 5 atom stereocenters. The molecule has 0 saturated heterocycles. The summed E-state index contributed by atoms with van der Waals surface area (Å²) in [6, 6.07) is -2.67. The van der Waals surface area contributed by atoms with Crippen molar-refractivity contribution in [3.63, 3.8) is 0 Å². The highest BCUT2D eigenvalue weighted by atomic mass is 16.4. The van der Waals surface area contributed by atoms with Gasteiger partial charge in [0.2, 0.25) is 5.78 Å². The lowest BCUT2D eigenvalue weighted by Gasteiger charge is -2.29. The number of carboxylic acid groups (broad SMARTS) is 1. The van der Waals surface area contributed by atoms with E-state index in [1.165, 1.54) is 0 Å². The van der Waals surface area contributed by atoms with E-state index < -0.39 is 48.5 Å². The highest BCUT2D eigenvalue weighted by molar-refractivity contribution is 6.32. The predicted molar refractivity (Wildman–Crippen MR) is 58.9 cm³/mol. The van der Waals surface area contributed by atoms with E-state index in [1.807, 2.05) is 0 Å². The van der Waals surface area contributed by atoms with Crippen LogP contribution in [0.2, 0.25) is 0 Å². The van der Waals surface area contributed by atoms with Crippen molar-refractivity contribution in [1.29, 1.82) is 0 Å². The maximum atomic E-state index is 10.8. The first-order valence-corrected chi connectivity index (χ1v) is 5.07. The number of carbonyl (C=O) groups excluding carboxylic acids is 1. The molecule has 17 heavy (non-hydrogen) atoms. The Balaban J connectivity index is 4.44. The van der Waals surface area contributed by atoms with Crippen LogP contribution in [0.1, 0.15) is 13.3 Å². The first-order chi connectivity index (χ1) is 7.68. The summed E-state index contributed by atoms with van der Waals surface area (Å²) in [5.74, 6) is -2.85. The maximum Gasteiger partial charge on any atom is 0.372 e. The first-order valence-electron chi connectivity index (χ1n) is 5.07. The van der Waals surface area contributed by atoms with E-state index in [1.54, 1.807) is 6.92 Å². The van der Waals surface area contributed by atoms with Gasteiger partial charge in [-0.15, -0.1) is 0 Å². The second-order valence-electron chi connectivity index (χ2n) is 4.00. The largest absolute Gasteiger partial charge is 0.475 e. The monoisotopic (exact) mass is 249 g/mol. The van der Waals surface area contributed by atoms with Gasteiger partial charge in [0.05, 0.1) is 18.2 Å². The first kappa shape index (κ1) is 15.9. The van der Waals surface area contributed by atoms with Crippen LogP contribution in [0.4, 0.5) is 0 Å². The van der Waals surface area contributed by atoms with Gasteiger partial charge in [-0.25, -0.2) is 4.79 Å². The Morgan fingerprint density at radius 3 is 1.94 bits per heavy atom. The Morgan fingerprint density at radius 1 is 1.12 bits per heavy atom. The van der Waals surface area contributed by atoms with Gasteiger partial charge in [-0.1, -0.05) is 0 Å². The molecule has 0 aliphatic carbocycles. The minimum atomic E-state index is -1.66. The number of hydrogen-bond donors (Lipinski definition) is 6. The van der Waals surface area contributed by atoms with E-state index in [-0.39, 0.29) is 0 Å². The van der Waals surface area contributed by atoms with Gasteiger partial charge in [0.1, 0.15) is 0 Å². The van der Waals surface area contributed by atoms with Gasteiger partial charge in [-0.3, -0.25) is 4.79 Å². The van der Waals surface area contributed by atoms with E-state index in [4.69, 9.17) is 22.3 Å². The zero-order valence-electron chi connectivity index (χ0n) is 9.48. The third-order valence-electron chi connectivity index (χ3n) is 2.47. The van der Waals surface area contributed by atoms with Crippen molar-refractivity contribution in [3.05, 3.63) is 0 Å². The molecular weight excluding hydrogens is 230 g/mol. The van der Waals surface area contributed by atoms with Crippen LogP contribution in [-0.4, -0.2) is 57.4 Å². The molecule has 0 radical (unpaired) electrons.